The predicted molar refractivity (Wildman–Crippen MR) is 333 cm³/mol. The first-order chi connectivity index (χ1) is 47.2. The molecule has 6 saturated heterocycles. The molecule has 0 aliphatic carbocycles. The summed E-state index contributed by atoms with van der Waals surface area (Å²) in [7, 11) is 1.21. The van der Waals surface area contributed by atoms with E-state index in [2.05, 4.69) is 33.5 Å². The predicted octanol–water partition coefficient (Wildman–Crippen LogP) is -6.50. The molecule has 36 nitrogen and oxygen atoms in total. The summed E-state index contributed by atoms with van der Waals surface area (Å²) in [6.45, 7) is 3.61. The maximum Gasteiger partial charge on any atom is 0.251 e. The van der Waals surface area contributed by atoms with Crippen LogP contribution < -0.4 is 31.3 Å². The number of benzene rings is 1. The molecule has 0 saturated carbocycles. The van der Waals surface area contributed by atoms with E-state index in [4.69, 9.17) is 61.6 Å². The Morgan fingerprint density at radius 3 is 1.27 bits per heavy atom. The molecule has 7 rings (SSSR count). The SMILES string of the molecule is CCCCCCCCCCCOc1cccc(C(=O)N[C@@H]2C(O[C@@H]3C(CO)O[C@@H](OC4C(CO)O[C@@H](O[C@@H]5C(CO)OC(OC6C(COC7OC(C)[C@@H](O)[C@@H](O)[C@H]7OC)OC(O)[C@@H](NC(C)=O)[C@H]6O)C(NC(C)=O)C5O)[C@@H](NC(C)=O)[C@H]4O)C(NC(C)=O)C3O)OC(CO)[C@@H](O)[C@@H]2O)c1. The van der Waals surface area contributed by atoms with Gasteiger partial charge in [0.15, 0.2) is 37.7 Å². The third kappa shape index (κ3) is 21.1. The Morgan fingerprint density at radius 2 is 0.838 bits per heavy atom. The highest BCUT2D eigenvalue weighted by Crippen LogP contribution is 2.37. The Balaban J connectivity index is 1.07. The van der Waals surface area contributed by atoms with Crippen LogP contribution in [0.3, 0.4) is 0 Å². The van der Waals surface area contributed by atoms with E-state index in [-0.39, 0.29) is 5.56 Å². The lowest BCUT2D eigenvalue weighted by Crippen LogP contribution is -2.72. The highest BCUT2D eigenvalue weighted by atomic mass is 16.8. The molecule has 6 heterocycles. The van der Waals surface area contributed by atoms with Crippen molar-refractivity contribution in [3.8, 4) is 5.75 Å². The molecule has 0 bridgehead atoms. The van der Waals surface area contributed by atoms with Gasteiger partial charge in [-0.2, -0.15) is 0 Å². The Labute approximate surface area is 572 Å². The van der Waals surface area contributed by atoms with Crippen molar-refractivity contribution < 1.29 is 152 Å². The number of carbonyl (C=O) groups is 5. The number of carbonyl (C=O) groups excluding carboxylic acids is 5. The number of nitrogens with one attached hydrogen (secondary N) is 5. The summed E-state index contributed by atoms with van der Waals surface area (Å²) < 4.78 is 78.0. The van der Waals surface area contributed by atoms with Gasteiger partial charge >= 0.3 is 0 Å². The molecule has 6 aliphatic heterocycles. The zero-order chi connectivity index (χ0) is 72.5. The van der Waals surface area contributed by atoms with Crippen molar-refractivity contribution in [2.45, 2.75) is 283 Å². The number of amides is 5. The van der Waals surface area contributed by atoms with E-state index >= 15 is 0 Å². The first-order valence-electron chi connectivity index (χ1n) is 33.6. The number of hydrogen-bond acceptors (Lipinski definition) is 31. The minimum atomic E-state index is -2.06. The zero-order valence-corrected chi connectivity index (χ0v) is 56.4. The van der Waals surface area contributed by atoms with Crippen molar-refractivity contribution in [3.63, 3.8) is 0 Å². The summed E-state index contributed by atoms with van der Waals surface area (Å²) in [6, 6.07) is -2.38. The number of hydrogen-bond donors (Lipinski definition) is 18. The van der Waals surface area contributed by atoms with Crippen molar-refractivity contribution in [3.05, 3.63) is 29.8 Å². The van der Waals surface area contributed by atoms with Gasteiger partial charge in [0.1, 0.15) is 146 Å². The second-order valence-electron chi connectivity index (χ2n) is 25.6. The minimum absolute atomic E-state index is 0.0622. The normalized spacial score (nSPS) is 39.5. The molecular formula is C63H103N5O31. The van der Waals surface area contributed by atoms with Gasteiger partial charge in [-0.25, -0.2) is 0 Å². The summed E-state index contributed by atoms with van der Waals surface area (Å²) in [5.41, 5.74) is 0.0622. The smallest absolute Gasteiger partial charge is 0.251 e. The molecule has 566 valence electrons. The van der Waals surface area contributed by atoms with Gasteiger partial charge in [-0.1, -0.05) is 64.4 Å². The largest absolute Gasteiger partial charge is 0.494 e. The third-order valence-electron chi connectivity index (χ3n) is 18.2. The lowest BCUT2D eigenvalue weighted by Gasteiger charge is -2.51. The standard InChI is InChI=1S/C63H103N5O31/c1-8-9-10-11-12-13-14-15-16-20-88-33-19-17-18-32(21-33)57(85)68-40-46(79)45(78)34(22-69)92-59(40)96-52-35(23-70)93-60(41(48(52)81)65-29(4)74)97-53-36(24-71)94-61(42(49(53)82)66-30(5)75)98-54-37(25-72)95-62(43(50(54)83)67-31(6)76)99-55-38(91-58(86)39(47(55)80)64-28(3)73)26-89-63-56(87-7)51(84)44(77)27(2)90-63/h17-19,21,27,34-56,58-63,69-72,77-84,86H,8-16,20,22-26H2,1-7H3,(H,64,73)(H,65,74)(H,66,75)(H,67,76)(H,68,85)/t27?,34?,35?,36?,37?,38?,39-,40-,41?,42-,43?,44+,45+,46+,47+,48?,49+,50?,51+,52+,53?,54+,55?,56+,58?,59?,60-,61-,62?,63?/m0/s1. The molecule has 99 heavy (non-hydrogen) atoms. The summed E-state index contributed by atoms with van der Waals surface area (Å²) >= 11 is 0. The van der Waals surface area contributed by atoms with Crippen LogP contribution in [-0.4, -0.2) is 327 Å². The molecule has 6 aliphatic rings. The van der Waals surface area contributed by atoms with Gasteiger partial charge in [0.2, 0.25) is 23.6 Å². The summed E-state index contributed by atoms with van der Waals surface area (Å²) in [5.74, 6) is -3.63. The van der Waals surface area contributed by atoms with Crippen LogP contribution in [0.4, 0.5) is 0 Å². The van der Waals surface area contributed by atoms with E-state index in [0.29, 0.717) is 12.4 Å². The second kappa shape index (κ2) is 38.8. The van der Waals surface area contributed by atoms with Crippen LogP contribution in [0.2, 0.25) is 0 Å². The third-order valence-corrected chi connectivity index (χ3v) is 18.2. The Hall–Kier alpha value is -4.63. The average Bonchev–Trinajstić information content (AvgIpc) is 0.791. The summed E-state index contributed by atoms with van der Waals surface area (Å²) in [6.07, 6.45) is -33.4. The fraction of sp³-hybridized carbons (Fsp3) is 0.825. The molecule has 0 spiro atoms. The van der Waals surface area contributed by atoms with Crippen molar-refractivity contribution in [1.82, 2.24) is 26.6 Å². The van der Waals surface area contributed by atoms with Crippen LogP contribution >= 0.6 is 0 Å². The molecule has 16 unspecified atom stereocenters. The zero-order valence-electron chi connectivity index (χ0n) is 56.4. The minimum Gasteiger partial charge on any atom is -0.494 e. The van der Waals surface area contributed by atoms with Crippen LogP contribution in [0.1, 0.15) is 110 Å². The molecule has 0 radical (unpaired) electrons. The molecule has 36 heteroatoms. The van der Waals surface area contributed by atoms with E-state index in [1.807, 2.05) is 0 Å². The monoisotopic (exact) mass is 1430 g/mol. The van der Waals surface area contributed by atoms with Crippen molar-refractivity contribution in [2.24, 2.45) is 0 Å². The first-order valence-corrected chi connectivity index (χ1v) is 33.6. The number of rotatable bonds is 33. The molecule has 0 aromatic heterocycles. The molecule has 1 aromatic carbocycles. The molecule has 30 atom stereocenters. The van der Waals surface area contributed by atoms with Gasteiger partial charge in [-0.05, 0) is 31.5 Å². The maximum atomic E-state index is 14.0. The van der Waals surface area contributed by atoms with Gasteiger partial charge in [0.05, 0.1) is 45.7 Å². The van der Waals surface area contributed by atoms with Gasteiger partial charge in [0, 0.05) is 40.4 Å². The first kappa shape index (κ1) is 81.7. The van der Waals surface area contributed by atoms with Crippen LogP contribution in [0.5, 0.6) is 5.75 Å². The van der Waals surface area contributed by atoms with Gasteiger partial charge in [-0.3, -0.25) is 24.0 Å². The number of methoxy groups -OCH3 is 1. The van der Waals surface area contributed by atoms with Crippen LogP contribution in [0.25, 0.3) is 0 Å². The molecular weight excluding hydrogens is 1320 g/mol. The van der Waals surface area contributed by atoms with E-state index in [1.54, 1.807) is 12.1 Å². The van der Waals surface area contributed by atoms with E-state index in [9.17, 15) is 90.4 Å². The van der Waals surface area contributed by atoms with Crippen LogP contribution in [0, 0.1) is 0 Å². The number of unbranched alkanes of at least 4 members (excludes halogenated alkanes) is 8. The fourth-order valence-corrected chi connectivity index (χ4v) is 13.0. The summed E-state index contributed by atoms with van der Waals surface area (Å²) in [4.78, 5) is 65.1. The Kier molecular flexibility index (Phi) is 32.0. The van der Waals surface area contributed by atoms with Gasteiger partial charge in [-0.15, -0.1) is 0 Å². The maximum absolute atomic E-state index is 14.0. The lowest BCUT2D eigenvalue weighted by molar-refractivity contribution is -0.368. The summed E-state index contributed by atoms with van der Waals surface area (Å²) in [5, 5.41) is 159. The Morgan fingerprint density at radius 1 is 0.434 bits per heavy atom. The number of aliphatic hydroxyl groups excluding tert-OH is 13. The highest BCUT2D eigenvalue weighted by molar-refractivity contribution is 5.94. The lowest BCUT2D eigenvalue weighted by atomic mass is 9.93. The second-order valence-corrected chi connectivity index (χ2v) is 25.6. The van der Waals surface area contributed by atoms with Gasteiger partial charge in [0.25, 0.3) is 5.91 Å². The van der Waals surface area contributed by atoms with E-state index < -0.39 is 246 Å². The van der Waals surface area contributed by atoms with E-state index in [1.165, 1.54) is 58.3 Å². The molecule has 1 aromatic rings. The quantitative estimate of drug-likeness (QED) is 0.0291. The van der Waals surface area contributed by atoms with E-state index in [0.717, 1.165) is 53.4 Å². The molecule has 18 N–H and O–H groups in total. The average molecular weight is 1430 g/mol. The van der Waals surface area contributed by atoms with Crippen LogP contribution in [0.15, 0.2) is 24.3 Å². The highest BCUT2D eigenvalue weighted by Gasteiger charge is 2.58. The number of ether oxygens (including phenoxy) is 13. The van der Waals surface area contributed by atoms with Crippen LogP contribution in [-0.2, 0) is 76.0 Å². The molecule has 5 amide bonds. The van der Waals surface area contributed by atoms with Crippen molar-refractivity contribution in [1.29, 1.82) is 0 Å². The fourth-order valence-electron chi connectivity index (χ4n) is 13.0. The molecule has 6 fully saturated rings. The van der Waals surface area contributed by atoms with Crippen molar-refractivity contribution >= 4 is 29.5 Å². The Bertz CT molecular complexity index is 2680. The topological polar surface area (TPSA) is 528 Å². The van der Waals surface area contributed by atoms with Gasteiger partial charge < -0.3 is 155 Å². The van der Waals surface area contributed by atoms with Crippen molar-refractivity contribution in [2.75, 3.05) is 46.8 Å². The number of aliphatic hydroxyl groups is 13.